The van der Waals surface area contributed by atoms with E-state index in [4.69, 9.17) is 4.74 Å². The third kappa shape index (κ3) is 2.84. The van der Waals surface area contributed by atoms with Gasteiger partial charge in [-0.3, -0.25) is 14.3 Å². The Morgan fingerprint density at radius 2 is 2.12 bits per heavy atom. The summed E-state index contributed by atoms with van der Waals surface area (Å²) < 4.78 is 6.75. The van der Waals surface area contributed by atoms with Gasteiger partial charge in [0.1, 0.15) is 18.0 Å². The molecule has 0 spiro atoms. The number of rotatable bonds is 3. The Morgan fingerprint density at radius 3 is 2.75 bits per heavy atom. The number of amides is 2. The van der Waals surface area contributed by atoms with Crippen LogP contribution in [0.4, 0.5) is 5.69 Å². The second kappa shape index (κ2) is 6.35. The van der Waals surface area contributed by atoms with E-state index in [1.54, 1.807) is 36.2 Å². The molecule has 1 aliphatic heterocycles. The molecule has 1 atom stereocenters. The van der Waals surface area contributed by atoms with Gasteiger partial charge in [0, 0.05) is 31.5 Å². The van der Waals surface area contributed by atoms with E-state index in [-0.39, 0.29) is 24.4 Å². The number of methoxy groups -OCH3 is 1. The molecule has 2 aromatic rings. The molecule has 0 bridgehead atoms. The molecule has 1 fully saturated rings. The minimum absolute atomic E-state index is 0.0472. The lowest BCUT2D eigenvalue weighted by Crippen LogP contribution is -2.57. The van der Waals surface area contributed by atoms with E-state index in [1.807, 2.05) is 31.2 Å². The van der Waals surface area contributed by atoms with Crippen molar-refractivity contribution in [2.45, 2.75) is 13.0 Å². The quantitative estimate of drug-likeness (QED) is 0.852. The number of aryl methyl sites for hydroxylation is 1. The lowest BCUT2D eigenvalue weighted by molar-refractivity contribution is -0.121. The van der Waals surface area contributed by atoms with Crippen molar-refractivity contribution in [2.75, 3.05) is 25.1 Å². The second-order valence-corrected chi connectivity index (χ2v) is 5.84. The first kappa shape index (κ1) is 16.0. The zero-order chi connectivity index (χ0) is 17.3. The number of anilines is 1. The van der Waals surface area contributed by atoms with Crippen molar-refractivity contribution in [1.82, 2.24) is 14.7 Å². The predicted molar refractivity (Wildman–Crippen MR) is 89.1 cm³/mol. The van der Waals surface area contributed by atoms with Crippen LogP contribution in [0.3, 0.4) is 0 Å². The van der Waals surface area contributed by atoms with Gasteiger partial charge in [-0.05, 0) is 25.1 Å². The number of nitrogens with zero attached hydrogens (tertiary/aromatic N) is 4. The summed E-state index contributed by atoms with van der Waals surface area (Å²) in [6.07, 6.45) is 1.57. The lowest BCUT2D eigenvalue weighted by atomic mass is 10.1. The minimum Gasteiger partial charge on any atom is -0.497 e. The maximum atomic E-state index is 12.6. The van der Waals surface area contributed by atoms with Gasteiger partial charge < -0.3 is 14.5 Å². The van der Waals surface area contributed by atoms with Gasteiger partial charge >= 0.3 is 0 Å². The first-order valence-corrected chi connectivity index (χ1v) is 7.74. The number of carbonyl (C=O) groups is 2. The van der Waals surface area contributed by atoms with Gasteiger partial charge in [-0.15, -0.1) is 0 Å². The number of benzene rings is 1. The number of hydrogen-bond acceptors (Lipinski definition) is 4. The van der Waals surface area contributed by atoms with Gasteiger partial charge in [0.2, 0.25) is 5.91 Å². The largest absolute Gasteiger partial charge is 0.497 e. The van der Waals surface area contributed by atoms with Crippen LogP contribution >= 0.6 is 0 Å². The number of piperazine rings is 1. The third-order valence-corrected chi connectivity index (χ3v) is 4.18. The highest BCUT2D eigenvalue weighted by Gasteiger charge is 2.34. The molecule has 0 N–H and O–H groups in total. The van der Waals surface area contributed by atoms with Crippen LogP contribution in [0.2, 0.25) is 0 Å². The van der Waals surface area contributed by atoms with Crippen LogP contribution in [0.1, 0.15) is 17.4 Å². The molecule has 1 aromatic carbocycles. The highest BCUT2D eigenvalue weighted by atomic mass is 16.5. The van der Waals surface area contributed by atoms with E-state index in [0.29, 0.717) is 18.0 Å². The fourth-order valence-electron chi connectivity index (χ4n) is 3.01. The summed E-state index contributed by atoms with van der Waals surface area (Å²) in [7, 11) is 3.31. The Labute approximate surface area is 140 Å². The Kier molecular flexibility index (Phi) is 4.24. The fourth-order valence-corrected chi connectivity index (χ4v) is 3.01. The molecule has 7 heteroatoms. The van der Waals surface area contributed by atoms with Gasteiger partial charge in [-0.2, -0.15) is 5.10 Å². The number of ether oxygens (including phenoxy) is 1. The fraction of sp³-hybridized carbons (Fsp3) is 0.353. The summed E-state index contributed by atoms with van der Waals surface area (Å²) in [5, 5.41) is 4.01. The molecule has 24 heavy (non-hydrogen) atoms. The Hall–Kier alpha value is -2.83. The summed E-state index contributed by atoms with van der Waals surface area (Å²) in [4.78, 5) is 28.5. The van der Waals surface area contributed by atoms with Crippen molar-refractivity contribution in [3.05, 3.63) is 42.2 Å². The van der Waals surface area contributed by atoms with E-state index >= 15 is 0 Å². The monoisotopic (exact) mass is 328 g/mol. The summed E-state index contributed by atoms with van der Waals surface area (Å²) in [5.74, 6) is 0.402. The molecule has 0 radical (unpaired) electrons. The van der Waals surface area contributed by atoms with Crippen LogP contribution < -0.4 is 9.64 Å². The van der Waals surface area contributed by atoms with E-state index in [2.05, 4.69) is 5.10 Å². The normalized spacial score (nSPS) is 18.0. The number of aromatic nitrogens is 2. The van der Waals surface area contributed by atoms with Crippen molar-refractivity contribution in [1.29, 1.82) is 0 Å². The number of hydrogen-bond donors (Lipinski definition) is 0. The molecule has 0 unspecified atom stereocenters. The van der Waals surface area contributed by atoms with Crippen LogP contribution in [0, 0.1) is 0 Å². The maximum absolute atomic E-state index is 12.6. The molecule has 0 saturated carbocycles. The average Bonchev–Trinajstić information content (AvgIpc) is 2.99. The topological polar surface area (TPSA) is 67.7 Å². The second-order valence-electron chi connectivity index (χ2n) is 5.84. The SMILES string of the molecule is COc1cccc(N2C(=O)CN(C(=O)c3ccnn3C)C[C@@H]2C)c1. The maximum Gasteiger partial charge on any atom is 0.272 e. The zero-order valence-corrected chi connectivity index (χ0v) is 14.0. The third-order valence-electron chi connectivity index (χ3n) is 4.18. The summed E-state index contributed by atoms with van der Waals surface area (Å²) in [6, 6.07) is 8.91. The molecule has 1 saturated heterocycles. The zero-order valence-electron chi connectivity index (χ0n) is 14.0. The number of carbonyl (C=O) groups excluding carboxylic acids is 2. The highest BCUT2D eigenvalue weighted by molar-refractivity contribution is 6.01. The summed E-state index contributed by atoms with van der Waals surface area (Å²) >= 11 is 0. The molecule has 2 amide bonds. The van der Waals surface area contributed by atoms with Crippen molar-refractivity contribution in [3.63, 3.8) is 0 Å². The van der Waals surface area contributed by atoms with E-state index in [1.165, 1.54) is 4.68 Å². The smallest absolute Gasteiger partial charge is 0.272 e. The summed E-state index contributed by atoms with van der Waals surface area (Å²) in [6.45, 7) is 2.44. The first-order chi connectivity index (χ1) is 11.5. The van der Waals surface area contributed by atoms with Crippen molar-refractivity contribution >= 4 is 17.5 Å². The molecule has 126 valence electrons. The molecule has 1 aromatic heterocycles. The minimum atomic E-state index is -0.180. The standard InChI is InChI=1S/C17H20N4O3/c1-12-10-20(17(23)15-7-8-18-19(15)2)11-16(22)21(12)13-5-4-6-14(9-13)24-3/h4-9,12H,10-11H2,1-3H3/t12-/m0/s1. The van der Waals surface area contributed by atoms with E-state index in [9.17, 15) is 9.59 Å². The first-order valence-electron chi connectivity index (χ1n) is 7.74. The molecule has 1 aliphatic rings. The van der Waals surface area contributed by atoms with Crippen LogP contribution in [-0.2, 0) is 11.8 Å². The summed E-state index contributed by atoms with van der Waals surface area (Å²) in [5.41, 5.74) is 1.25. The predicted octanol–water partition coefficient (Wildman–Crippen LogP) is 1.31. The molecular formula is C17H20N4O3. The van der Waals surface area contributed by atoms with Gasteiger partial charge in [-0.25, -0.2) is 0 Å². The van der Waals surface area contributed by atoms with Crippen LogP contribution in [0.25, 0.3) is 0 Å². The Balaban J connectivity index is 1.81. The van der Waals surface area contributed by atoms with Crippen LogP contribution in [0.15, 0.2) is 36.5 Å². The van der Waals surface area contributed by atoms with Gasteiger partial charge in [0.05, 0.1) is 13.2 Å². The Morgan fingerprint density at radius 1 is 1.33 bits per heavy atom. The van der Waals surface area contributed by atoms with Crippen molar-refractivity contribution in [3.8, 4) is 5.75 Å². The average molecular weight is 328 g/mol. The van der Waals surface area contributed by atoms with Crippen LogP contribution in [0.5, 0.6) is 5.75 Å². The van der Waals surface area contributed by atoms with Gasteiger partial charge in [-0.1, -0.05) is 6.07 Å². The molecule has 2 heterocycles. The molecular weight excluding hydrogens is 308 g/mol. The van der Waals surface area contributed by atoms with E-state index < -0.39 is 0 Å². The van der Waals surface area contributed by atoms with E-state index in [0.717, 1.165) is 5.69 Å². The van der Waals surface area contributed by atoms with Crippen molar-refractivity contribution < 1.29 is 14.3 Å². The lowest BCUT2D eigenvalue weighted by Gasteiger charge is -2.39. The van der Waals surface area contributed by atoms with Gasteiger partial charge in [0.25, 0.3) is 5.91 Å². The van der Waals surface area contributed by atoms with Crippen molar-refractivity contribution in [2.24, 2.45) is 7.05 Å². The highest BCUT2D eigenvalue weighted by Crippen LogP contribution is 2.26. The van der Waals surface area contributed by atoms with Crippen LogP contribution in [-0.4, -0.2) is 52.7 Å². The molecule has 7 nitrogen and oxygen atoms in total. The Bertz CT molecular complexity index is 771. The molecule has 0 aliphatic carbocycles. The molecule has 3 rings (SSSR count). The van der Waals surface area contributed by atoms with Gasteiger partial charge in [0.15, 0.2) is 0 Å².